The van der Waals surface area contributed by atoms with Gasteiger partial charge in [-0.15, -0.1) is 0 Å². The van der Waals surface area contributed by atoms with Crippen LogP contribution >= 0.6 is 0 Å². The van der Waals surface area contributed by atoms with E-state index in [0.717, 1.165) is 16.5 Å². The van der Waals surface area contributed by atoms with Crippen molar-refractivity contribution < 1.29 is 4.79 Å². The smallest absolute Gasteiger partial charge is 0.319 e. The Labute approximate surface area is 136 Å². The predicted octanol–water partition coefficient (Wildman–Crippen LogP) is 4.77. The van der Waals surface area contributed by atoms with Crippen LogP contribution in [0.2, 0.25) is 0 Å². The Bertz CT molecular complexity index is 794. The number of amides is 2. The molecule has 0 saturated heterocycles. The van der Waals surface area contributed by atoms with E-state index in [0.29, 0.717) is 6.54 Å². The molecule has 3 aromatic carbocycles. The topological polar surface area (TPSA) is 41.1 Å². The highest BCUT2D eigenvalue weighted by Crippen LogP contribution is 2.22. The summed E-state index contributed by atoms with van der Waals surface area (Å²) in [5.41, 5.74) is 2.05. The van der Waals surface area contributed by atoms with Crippen molar-refractivity contribution in [3.63, 3.8) is 0 Å². The van der Waals surface area contributed by atoms with Crippen LogP contribution in [-0.4, -0.2) is 12.6 Å². The van der Waals surface area contributed by atoms with Crippen LogP contribution in [0.3, 0.4) is 0 Å². The second-order valence-electron chi connectivity index (χ2n) is 5.67. The van der Waals surface area contributed by atoms with Crippen molar-refractivity contribution in [1.82, 2.24) is 5.32 Å². The van der Waals surface area contributed by atoms with E-state index in [9.17, 15) is 4.79 Å². The standard InChI is InChI=1S/C20H20N2O/c1-15(16-8-3-2-4-9-16)14-21-20(23)22-19-13-7-11-17-10-5-6-12-18(17)19/h2-13,15H,14H2,1H3,(H2,21,22,23). The second-order valence-corrected chi connectivity index (χ2v) is 5.67. The van der Waals surface area contributed by atoms with Crippen LogP contribution in [0.5, 0.6) is 0 Å². The van der Waals surface area contributed by atoms with E-state index >= 15 is 0 Å². The van der Waals surface area contributed by atoms with Crippen molar-refractivity contribution in [2.45, 2.75) is 12.8 Å². The zero-order valence-corrected chi connectivity index (χ0v) is 13.1. The molecule has 0 aliphatic carbocycles. The van der Waals surface area contributed by atoms with Gasteiger partial charge in [0.1, 0.15) is 0 Å². The molecule has 0 heterocycles. The Morgan fingerprint density at radius 2 is 1.61 bits per heavy atom. The fourth-order valence-corrected chi connectivity index (χ4v) is 2.65. The predicted molar refractivity (Wildman–Crippen MR) is 95.8 cm³/mol. The van der Waals surface area contributed by atoms with Crippen LogP contribution in [-0.2, 0) is 0 Å². The highest BCUT2D eigenvalue weighted by molar-refractivity contribution is 6.01. The molecule has 0 aliphatic heterocycles. The molecule has 3 heteroatoms. The monoisotopic (exact) mass is 304 g/mol. The van der Waals surface area contributed by atoms with Crippen molar-refractivity contribution >= 4 is 22.5 Å². The number of hydrogen-bond donors (Lipinski definition) is 2. The van der Waals surface area contributed by atoms with Crippen LogP contribution in [0.1, 0.15) is 18.4 Å². The van der Waals surface area contributed by atoms with Crippen LogP contribution < -0.4 is 10.6 Å². The molecular weight excluding hydrogens is 284 g/mol. The van der Waals surface area contributed by atoms with E-state index in [1.165, 1.54) is 5.56 Å². The lowest BCUT2D eigenvalue weighted by Gasteiger charge is -2.14. The van der Waals surface area contributed by atoms with E-state index in [4.69, 9.17) is 0 Å². The summed E-state index contributed by atoms with van der Waals surface area (Å²) < 4.78 is 0. The first kappa shape index (κ1) is 15.1. The summed E-state index contributed by atoms with van der Waals surface area (Å²) in [5.74, 6) is 0.273. The molecule has 2 amide bonds. The first-order valence-electron chi connectivity index (χ1n) is 7.81. The summed E-state index contributed by atoms with van der Waals surface area (Å²) in [6, 6.07) is 23.9. The quantitative estimate of drug-likeness (QED) is 0.716. The Balaban J connectivity index is 1.63. The molecule has 3 nitrogen and oxygen atoms in total. The van der Waals surface area contributed by atoms with E-state index in [1.54, 1.807) is 0 Å². The van der Waals surface area contributed by atoms with Crippen LogP contribution in [0.15, 0.2) is 72.8 Å². The molecular formula is C20H20N2O. The summed E-state index contributed by atoms with van der Waals surface area (Å²) >= 11 is 0. The van der Waals surface area contributed by atoms with Gasteiger partial charge in [0.05, 0.1) is 5.69 Å². The van der Waals surface area contributed by atoms with Gasteiger partial charge in [0.15, 0.2) is 0 Å². The zero-order valence-electron chi connectivity index (χ0n) is 13.1. The Kier molecular flexibility index (Phi) is 4.57. The van der Waals surface area contributed by atoms with E-state index in [2.05, 4.69) is 29.7 Å². The Hall–Kier alpha value is -2.81. The van der Waals surface area contributed by atoms with E-state index in [1.807, 2.05) is 60.7 Å². The minimum atomic E-state index is -0.177. The lowest BCUT2D eigenvalue weighted by atomic mass is 10.0. The SMILES string of the molecule is CC(CNC(=O)Nc1cccc2ccccc12)c1ccccc1. The number of carbonyl (C=O) groups is 1. The highest BCUT2D eigenvalue weighted by atomic mass is 16.2. The van der Waals surface area contributed by atoms with Crippen molar-refractivity contribution in [2.24, 2.45) is 0 Å². The van der Waals surface area contributed by atoms with Gasteiger partial charge in [-0.1, -0.05) is 73.7 Å². The number of benzene rings is 3. The molecule has 3 aromatic rings. The summed E-state index contributed by atoms with van der Waals surface area (Å²) in [4.78, 5) is 12.2. The molecule has 23 heavy (non-hydrogen) atoms. The first-order chi connectivity index (χ1) is 11.2. The molecule has 3 rings (SSSR count). The number of carbonyl (C=O) groups excluding carboxylic acids is 1. The third-order valence-corrected chi connectivity index (χ3v) is 3.98. The maximum atomic E-state index is 12.2. The van der Waals surface area contributed by atoms with Gasteiger partial charge in [-0.3, -0.25) is 0 Å². The Morgan fingerprint density at radius 3 is 2.43 bits per heavy atom. The average molecular weight is 304 g/mol. The largest absolute Gasteiger partial charge is 0.337 e. The van der Waals surface area contributed by atoms with Gasteiger partial charge in [-0.05, 0) is 22.9 Å². The van der Waals surface area contributed by atoms with Crippen molar-refractivity contribution in [2.75, 3.05) is 11.9 Å². The van der Waals surface area contributed by atoms with Gasteiger partial charge < -0.3 is 10.6 Å². The van der Waals surface area contributed by atoms with Gasteiger partial charge in [0.25, 0.3) is 0 Å². The summed E-state index contributed by atoms with van der Waals surface area (Å²) in [5, 5.41) is 8.04. The van der Waals surface area contributed by atoms with Crippen molar-refractivity contribution in [3.05, 3.63) is 78.4 Å². The summed E-state index contributed by atoms with van der Waals surface area (Å²) in [6.45, 7) is 2.70. The molecule has 0 bridgehead atoms. The van der Waals surface area contributed by atoms with Crippen molar-refractivity contribution in [3.8, 4) is 0 Å². The molecule has 0 spiro atoms. The van der Waals surface area contributed by atoms with E-state index < -0.39 is 0 Å². The maximum absolute atomic E-state index is 12.2. The van der Waals surface area contributed by atoms with Gasteiger partial charge >= 0.3 is 6.03 Å². The lowest BCUT2D eigenvalue weighted by Crippen LogP contribution is -2.31. The molecule has 0 saturated carbocycles. The third-order valence-electron chi connectivity index (χ3n) is 3.98. The average Bonchev–Trinajstić information content (AvgIpc) is 2.61. The number of rotatable bonds is 4. The van der Waals surface area contributed by atoms with Crippen LogP contribution in [0.4, 0.5) is 10.5 Å². The number of anilines is 1. The Morgan fingerprint density at radius 1 is 0.913 bits per heavy atom. The van der Waals surface area contributed by atoms with Gasteiger partial charge in [-0.2, -0.15) is 0 Å². The number of urea groups is 1. The molecule has 0 fully saturated rings. The second kappa shape index (κ2) is 6.97. The molecule has 1 atom stereocenters. The summed E-state index contributed by atoms with van der Waals surface area (Å²) in [6.07, 6.45) is 0. The number of fused-ring (bicyclic) bond motifs is 1. The van der Waals surface area contributed by atoms with E-state index in [-0.39, 0.29) is 11.9 Å². The van der Waals surface area contributed by atoms with Crippen LogP contribution in [0.25, 0.3) is 10.8 Å². The van der Waals surface area contributed by atoms with Gasteiger partial charge in [-0.25, -0.2) is 4.79 Å². The minimum Gasteiger partial charge on any atom is -0.337 e. The molecule has 1 unspecified atom stereocenters. The third kappa shape index (κ3) is 3.69. The molecule has 2 N–H and O–H groups in total. The molecule has 0 radical (unpaired) electrons. The summed E-state index contributed by atoms with van der Waals surface area (Å²) in [7, 11) is 0. The van der Waals surface area contributed by atoms with Crippen molar-refractivity contribution in [1.29, 1.82) is 0 Å². The lowest BCUT2D eigenvalue weighted by molar-refractivity contribution is 0.251. The maximum Gasteiger partial charge on any atom is 0.319 e. The number of hydrogen-bond acceptors (Lipinski definition) is 1. The zero-order chi connectivity index (χ0) is 16.1. The fraction of sp³-hybridized carbons (Fsp3) is 0.150. The normalized spacial score (nSPS) is 11.9. The number of nitrogens with one attached hydrogen (secondary N) is 2. The first-order valence-corrected chi connectivity index (χ1v) is 7.81. The molecule has 0 aliphatic rings. The van der Waals surface area contributed by atoms with Gasteiger partial charge in [0, 0.05) is 11.9 Å². The van der Waals surface area contributed by atoms with Crippen LogP contribution in [0, 0.1) is 0 Å². The minimum absolute atomic E-state index is 0.177. The molecule has 116 valence electrons. The molecule has 0 aromatic heterocycles. The highest BCUT2D eigenvalue weighted by Gasteiger charge is 2.08. The fourth-order valence-electron chi connectivity index (χ4n) is 2.65. The van der Waals surface area contributed by atoms with Gasteiger partial charge in [0.2, 0.25) is 0 Å².